The van der Waals surface area contributed by atoms with Gasteiger partial charge in [-0.25, -0.2) is 12.8 Å². The van der Waals surface area contributed by atoms with Gasteiger partial charge in [0.15, 0.2) is 11.6 Å². The molecule has 5 nitrogen and oxygen atoms in total. The van der Waals surface area contributed by atoms with Crippen molar-refractivity contribution in [3.63, 3.8) is 0 Å². The van der Waals surface area contributed by atoms with Crippen molar-refractivity contribution >= 4 is 20.9 Å². The van der Waals surface area contributed by atoms with Crippen LogP contribution in [0.5, 0.6) is 5.75 Å². The molecule has 26 heavy (non-hydrogen) atoms. The molecule has 0 radical (unpaired) electrons. The minimum atomic E-state index is -3.75. The van der Waals surface area contributed by atoms with E-state index in [2.05, 4.69) is 21.5 Å². The van der Waals surface area contributed by atoms with E-state index in [1.807, 2.05) is 0 Å². The fourth-order valence-corrected chi connectivity index (χ4v) is 3.39. The molecule has 0 saturated carbocycles. The highest BCUT2D eigenvalue weighted by Gasteiger charge is 2.16. The number of aromatic nitrogens is 1. The van der Waals surface area contributed by atoms with Crippen molar-refractivity contribution in [2.75, 3.05) is 13.2 Å². The molecule has 1 aromatic heterocycles. The van der Waals surface area contributed by atoms with Gasteiger partial charge in [-0.3, -0.25) is 4.98 Å². The summed E-state index contributed by atoms with van der Waals surface area (Å²) in [5, 5.41) is 0.736. The van der Waals surface area contributed by atoms with Gasteiger partial charge in [0.05, 0.1) is 12.1 Å². The summed E-state index contributed by atoms with van der Waals surface area (Å²) < 4.78 is 45.8. The number of benzene rings is 2. The summed E-state index contributed by atoms with van der Waals surface area (Å²) in [6.07, 6.45) is 1.54. The second kappa shape index (κ2) is 7.95. The first-order valence-corrected chi connectivity index (χ1v) is 9.23. The molecule has 0 aliphatic rings. The minimum absolute atomic E-state index is 0.0432. The molecule has 0 aliphatic carbocycles. The van der Waals surface area contributed by atoms with E-state index in [1.165, 1.54) is 18.2 Å². The Morgan fingerprint density at radius 2 is 1.85 bits per heavy atom. The Balaban J connectivity index is 1.62. The lowest BCUT2D eigenvalue weighted by atomic mass is 10.2. The highest BCUT2D eigenvalue weighted by Crippen LogP contribution is 2.20. The topological polar surface area (TPSA) is 68.3 Å². The Hall–Kier alpha value is -2.95. The SMILES string of the molecule is O=S(=O)(NCC#CCOc1ccccc1F)c1cccc2cccnc12. The zero-order chi connectivity index (χ0) is 18.4. The molecule has 0 amide bonds. The zero-order valence-electron chi connectivity index (χ0n) is 13.6. The molecule has 0 saturated heterocycles. The van der Waals surface area contributed by atoms with Crippen molar-refractivity contribution in [1.29, 1.82) is 0 Å². The van der Waals surface area contributed by atoms with Gasteiger partial charge < -0.3 is 4.74 Å². The smallest absolute Gasteiger partial charge is 0.243 e. The summed E-state index contributed by atoms with van der Waals surface area (Å²) >= 11 is 0. The van der Waals surface area contributed by atoms with Crippen molar-refractivity contribution in [3.05, 3.63) is 66.6 Å². The summed E-state index contributed by atoms with van der Waals surface area (Å²) in [5.74, 6) is 4.91. The second-order valence-corrected chi connectivity index (χ2v) is 6.96. The van der Waals surface area contributed by atoms with Crippen LogP contribution in [0, 0.1) is 17.7 Å². The van der Waals surface area contributed by atoms with Gasteiger partial charge in [-0.1, -0.05) is 42.2 Å². The number of ether oxygens (including phenoxy) is 1. The number of halogens is 1. The van der Waals surface area contributed by atoms with E-state index in [0.29, 0.717) is 5.52 Å². The van der Waals surface area contributed by atoms with Crippen LogP contribution in [0.25, 0.3) is 10.9 Å². The molecule has 0 spiro atoms. The summed E-state index contributed by atoms with van der Waals surface area (Å²) in [4.78, 5) is 4.23. The van der Waals surface area contributed by atoms with Gasteiger partial charge in [-0.15, -0.1) is 0 Å². The first kappa shape index (κ1) is 17.9. The molecule has 3 rings (SSSR count). The summed E-state index contributed by atoms with van der Waals surface area (Å²) in [5.41, 5.74) is 0.401. The van der Waals surface area contributed by atoms with Gasteiger partial charge in [0.2, 0.25) is 10.0 Å². The molecule has 0 fully saturated rings. The lowest BCUT2D eigenvalue weighted by Crippen LogP contribution is -2.24. The third-order valence-corrected chi connectivity index (χ3v) is 4.93. The zero-order valence-corrected chi connectivity index (χ0v) is 14.5. The molecule has 0 atom stereocenters. The van der Waals surface area contributed by atoms with Gasteiger partial charge in [0, 0.05) is 11.6 Å². The lowest BCUT2D eigenvalue weighted by Gasteiger charge is -2.06. The minimum Gasteiger partial charge on any atom is -0.478 e. The van der Waals surface area contributed by atoms with Gasteiger partial charge in [-0.05, 0) is 24.3 Å². The molecule has 0 bridgehead atoms. The molecular weight excluding hydrogens is 355 g/mol. The summed E-state index contributed by atoms with van der Waals surface area (Å²) in [6.45, 7) is -0.134. The molecule has 2 aromatic carbocycles. The number of pyridine rings is 1. The number of sulfonamides is 1. The molecule has 3 aromatic rings. The maximum Gasteiger partial charge on any atom is 0.243 e. The monoisotopic (exact) mass is 370 g/mol. The van der Waals surface area contributed by atoms with Crippen LogP contribution in [0.3, 0.4) is 0 Å². The van der Waals surface area contributed by atoms with E-state index in [1.54, 1.807) is 42.6 Å². The van der Waals surface area contributed by atoms with Crippen LogP contribution in [0.15, 0.2) is 65.7 Å². The highest BCUT2D eigenvalue weighted by atomic mass is 32.2. The van der Waals surface area contributed by atoms with E-state index in [4.69, 9.17) is 4.74 Å². The van der Waals surface area contributed by atoms with Crippen LogP contribution in [0.4, 0.5) is 4.39 Å². The van der Waals surface area contributed by atoms with Crippen LogP contribution in [0.1, 0.15) is 0 Å². The number of para-hydroxylation sites is 2. The Bertz CT molecular complexity index is 1080. The molecule has 1 heterocycles. The maximum atomic E-state index is 13.4. The molecule has 0 aliphatic heterocycles. The predicted octanol–water partition coefficient (Wildman–Crippen LogP) is 2.73. The molecular formula is C19H15FN2O3S. The van der Waals surface area contributed by atoms with Crippen molar-refractivity contribution in [2.45, 2.75) is 4.90 Å². The predicted molar refractivity (Wildman–Crippen MR) is 96.6 cm³/mol. The molecule has 7 heteroatoms. The van der Waals surface area contributed by atoms with Gasteiger partial charge in [0.25, 0.3) is 0 Å². The first-order chi connectivity index (χ1) is 12.6. The fraction of sp³-hybridized carbons (Fsp3) is 0.105. The Labute approximate surface area is 150 Å². The molecule has 0 unspecified atom stereocenters. The second-order valence-electron chi connectivity index (χ2n) is 5.23. The fourth-order valence-electron chi connectivity index (χ4n) is 2.29. The maximum absolute atomic E-state index is 13.4. The lowest BCUT2D eigenvalue weighted by molar-refractivity contribution is 0.348. The summed E-state index contributed by atoms with van der Waals surface area (Å²) in [7, 11) is -3.75. The largest absolute Gasteiger partial charge is 0.478 e. The Morgan fingerprint density at radius 1 is 1.04 bits per heavy atom. The number of fused-ring (bicyclic) bond motifs is 1. The van der Waals surface area contributed by atoms with Crippen LogP contribution in [-0.2, 0) is 10.0 Å². The number of nitrogens with zero attached hydrogens (tertiary/aromatic N) is 1. The number of nitrogens with one attached hydrogen (secondary N) is 1. The Morgan fingerprint density at radius 3 is 2.69 bits per heavy atom. The van der Waals surface area contributed by atoms with Crippen LogP contribution < -0.4 is 9.46 Å². The van der Waals surface area contributed by atoms with Crippen LogP contribution in [-0.4, -0.2) is 26.6 Å². The standard InChI is InChI=1S/C19H15FN2O3S/c20-16-9-1-2-10-17(16)25-14-4-3-13-22-26(23,24)18-11-5-7-15-8-6-12-21-19(15)18/h1-2,5-12,22H,13-14H2. The third-order valence-electron chi connectivity index (χ3n) is 3.50. The van der Waals surface area contributed by atoms with Crippen molar-refractivity contribution in [3.8, 4) is 17.6 Å². The van der Waals surface area contributed by atoms with E-state index in [9.17, 15) is 12.8 Å². The van der Waals surface area contributed by atoms with E-state index < -0.39 is 15.8 Å². The van der Waals surface area contributed by atoms with Crippen LogP contribution >= 0.6 is 0 Å². The van der Waals surface area contributed by atoms with Gasteiger partial charge >= 0.3 is 0 Å². The highest BCUT2D eigenvalue weighted by molar-refractivity contribution is 7.89. The third kappa shape index (κ3) is 4.17. The quantitative estimate of drug-likeness (QED) is 0.701. The first-order valence-electron chi connectivity index (χ1n) is 7.74. The van der Waals surface area contributed by atoms with Crippen molar-refractivity contribution in [2.24, 2.45) is 0 Å². The van der Waals surface area contributed by atoms with Gasteiger partial charge in [-0.2, -0.15) is 4.72 Å². The normalized spacial score (nSPS) is 11.0. The van der Waals surface area contributed by atoms with Crippen molar-refractivity contribution < 1.29 is 17.5 Å². The summed E-state index contributed by atoms with van der Waals surface area (Å²) in [6, 6.07) is 14.5. The Kier molecular flexibility index (Phi) is 5.46. The average Bonchev–Trinajstić information content (AvgIpc) is 2.65. The average molecular weight is 370 g/mol. The van der Waals surface area contributed by atoms with Gasteiger partial charge in [0.1, 0.15) is 11.5 Å². The van der Waals surface area contributed by atoms with Crippen LogP contribution in [0.2, 0.25) is 0 Å². The van der Waals surface area contributed by atoms with Crippen molar-refractivity contribution in [1.82, 2.24) is 9.71 Å². The number of hydrogen-bond donors (Lipinski definition) is 1. The van der Waals surface area contributed by atoms with E-state index >= 15 is 0 Å². The molecule has 132 valence electrons. The number of rotatable bonds is 5. The van der Waals surface area contributed by atoms with E-state index in [0.717, 1.165) is 5.39 Å². The number of hydrogen-bond acceptors (Lipinski definition) is 4. The molecule has 1 N–H and O–H groups in total. The van der Waals surface area contributed by atoms with E-state index in [-0.39, 0.29) is 23.8 Å².